The molecule has 1 aliphatic rings. The fraction of sp³-hybridized carbons (Fsp3) is 0.100. The maximum atomic E-state index is 14.2. The van der Waals surface area contributed by atoms with Crippen molar-refractivity contribution in [1.29, 1.82) is 0 Å². The van der Waals surface area contributed by atoms with Gasteiger partial charge in [0.2, 0.25) is 0 Å². The molecule has 2 unspecified atom stereocenters. The highest BCUT2D eigenvalue weighted by atomic mass is 19.1. The second-order valence-corrected chi connectivity index (χ2v) is 6.00. The van der Waals surface area contributed by atoms with E-state index in [1.807, 2.05) is 0 Å². The average molecular weight is 378 g/mol. The van der Waals surface area contributed by atoms with Gasteiger partial charge in [0, 0.05) is 29.1 Å². The van der Waals surface area contributed by atoms with E-state index in [9.17, 15) is 13.6 Å². The number of halogens is 2. The summed E-state index contributed by atoms with van der Waals surface area (Å²) in [6.45, 7) is 0. The summed E-state index contributed by atoms with van der Waals surface area (Å²) in [4.78, 5) is 15.9. The number of amides is 1. The van der Waals surface area contributed by atoms with Gasteiger partial charge in [-0.05, 0) is 35.9 Å². The highest BCUT2D eigenvalue weighted by Crippen LogP contribution is 2.37. The van der Waals surface area contributed by atoms with E-state index in [0.717, 1.165) is 18.2 Å². The number of carbonyl (C=O) groups is 1. The average Bonchev–Trinajstić information content (AvgIpc) is 3.11. The molecule has 138 valence electrons. The predicted octanol–water partition coefficient (Wildman–Crippen LogP) is 3.07. The van der Waals surface area contributed by atoms with Crippen LogP contribution < -0.4 is 5.32 Å². The molecule has 1 aliphatic heterocycles. The van der Waals surface area contributed by atoms with Crippen molar-refractivity contribution in [2.24, 2.45) is 0 Å². The van der Waals surface area contributed by atoms with Crippen LogP contribution >= 0.6 is 0 Å². The number of carbonyl (C=O) groups excluding carboxylic acids is 1. The number of hydrogen-bond donors (Lipinski definition) is 1. The Morgan fingerprint density at radius 3 is 2.68 bits per heavy atom. The summed E-state index contributed by atoms with van der Waals surface area (Å²) >= 11 is 0. The maximum Gasteiger partial charge on any atom is 0.408 e. The SMILES string of the molecule is O=C1NC(c2cncc(C#Cc3ccnnc3)c2)C(c2cc(F)ccc2F)O1. The molecule has 8 heteroatoms. The van der Waals surface area contributed by atoms with Gasteiger partial charge in [-0.2, -0.15) is 10.2 Å². The van der Waals surface area contributed by atoms with Crippen molar-refractivity contribution in [3.05, 3.63) is 89.0 Å². The molecule has 0 aliphatic carbocycles. The van der Waals surface area contributed by atoms with Gasteiger partial charge in [0.15, 0.2) is 6.10 Å². The van der Waals surface area contributed by atoms with E-state index in [-0.39, 0.29) is 5.56 Å². The number of nitrogens with one attached hydrogen (secondary N) is 1. The number of alkyl carbamates (subject to hydrolysis) is 1. The quantitative estimate of drug-likeness (QED) is 0.694. The summed E-state index contributed by atoms with van der Waals surface area (Å²) in [5.41, 5.74) is 1.76. The molecule has 2 aromatic heterocycles. The van der Waals surface area contributed by atoms with Crippen LogP contribution in [0.5, 0.6) is 0 Å². The van der Waals surface area contributed by atoms with Crippen molar-refractivity contribution >= 4 is 6.09 Å². The minimum absolute atomic E-state index is 0.0531. The number of ether oxygens (including phenoxy) is 1. The summed E-state index contributed by atoms with van der Waals surface area (Å²) in [5, 5.41) is 10.0. The summed E-state index contributed by atoms with van der Waals surface area (Å²) in [6, 6.07) is 5.70. The van der Waals surface area contributed by atoms with Crippen molar-refractivity contribution in [2.75, 3.05) is 0 Å². The number of aromatic nitrogens is 3. The molecule has 1 fully saturated rings. The number of nitrogens with zero attached hydrogens (tertiary/aromatic N) is 3. The number of pyridine rings is 1. The van der Waals surface area contributed by atoms with Gasteiger partial charge in [-0.1, -0.05) is 11.8 Å². The normalized spacial score (nSPS) is 18.0. The van der Waals surface area contributed by atoms with Crippen LogP contribution in [0.25, 0.3) is 0 Å². The smallest absolute Gasteiger partial charge is 0.408 e. The minimum atomic E-state index is -1.03. The van der Waals surface area contributed by atoms with Gasteiger partial charge < -0.3 is 10.1 Å². The van der Waals surface area contributed by atoms with Gasteiger partial charge in [0.25, 0.3) is 0 Å². The maximum absolute atomic E-state index is 14.2. The van der Waals surface area contributed by atoms with Crippen molar-refractivity contribution < 1.29 is 18.3 Å². The fourth-order valence-electron chi connectivity index (χ4n) is 2.86. The number of cyclic esters (lactones) is 1. The Balaban J connectivity index is 1.67. The van der Waals surface area contributed by atoms with E-state index in [0.29, 0.717) is 16.7 Å². The zero-order valence-corrected chi connectivity index (χ0v) is 14.3. The summed E-state index contributed by atoms with van der Waals surface area (Å²) in [7, 11) is 0. The Morgan fingerprint density at radius 1 is 1.00 bits per heavy atom. The van der Waals surface area contributed by atoms with Gasteiger partial charge in [-0.25, -0.2) is 13.6 Å². The number of rotatable bonds is 2. The molecule has 3 heterocycles. The molecule has 1 N–H and O–H groups in total. The Kier molecular flexibility index (Phi) is 4.64. The molecule has 1 saturated heterocycles. The van der Waals surface area contributed by atoms with E-state index >= 15 is 0 Å². The molecule has 3 aromatic rings. The highest BCUT2D eigenvalue weighted by molar-refractivity contribution is 5.71. The van der Waals surface area contributed by atoms with Crippen LogP contribution in [0.2, 0.25) is 0 Å². The van der Waals surface area contributed by atoms with Crippen LogP contribution in [-0.4, -0.2) is 21.3 Å². The lowest BCUT2D eigenvalue weighted by Crippen LogP contribution is -2.20. The molecule has 1 aromatic carbocycles. The fourth-order valence-corrected chi connectivity index (χ4v) is 2.86. The second-order valence-electron chi connectivity index (χ2n) is 6.00. The molecule has 2 atom stereocenters. The van der Waals surface area contributed by atoms with E-state index in [1.165, 1.54) is 18.6 Å². The molecule has 1 amide bonds. The van der Waals surface area contributed by atoms with Gasteiger partial charge in [0.05, 0.1) is 12.4 Å². The Hall–Kier alpha value is -3.86. The zero-order chi connectivity index (χ0) is 19.5. The van der Waals surface area contributed by atoms with Crippen LogP contribution in [0.15, 0.2) is 55.1 Å². The standard InChI is InChI=1S/C20H12F2N4O2/c21-15-3-4-17(22)16(8-15)19-18(26-20(27)28-19)14-7-13(9-23-11-14)2-1-12-5-6-24-25-10-12/h3-11,18-19H,(H,26,27). The van der Waals surface area contributed by atoms with Crippen LogP contribution in [0.1, 0.15) is 34.4 Å². The van der Waals surface area contributed by atoms with Crippen molar-refractivity contribution in [2.45, 2.75) is 12.1 Å². The van der Waals surface area contributed by atoms with E-state index in [2.05, 4.69) is 32.3 Å². The van der Waals surface area contributed by atoms with Crippen molar-refractivity contribution in [1.82, 2.24) is 20.5 Å². The van der Waals surface area contributed by atoms with E-state index in [4.69, 9.17) is 4.74 Å². The van der Waals surface area contributed by atoms with Crippen molar-refractivity contribution in [3.63, 3.8) is 0 Å². The van der Waals surface area contributed by atoms with E-state index < -0.39 is 29.9 Å². The van der Waals surface area contributed by atoms with Crippen LogP contribution in [0, 0.1) is 23.5 Å². The zero-order valence-electron chi connectivity index (χ0n) is 14.3. The lowest BCUT2D eigenvalue weighted by molar-refractivity contribution is 0.130. The third kappa shape index (κ3) is 3.64. The largest absolute Gasteiger partial charge is 0.439 e. The topological polar surface area (TPSA) is 77.0 Å². The summed E-state index contributed by atoms with van der Waals surface area (Å²) in [6.07, 6.45) is 4.37. The predicted molar refractivity (Wildman–Crippen MR) is 93.7 cm³/mol. The van der Waals surface area contributed by atoms with Crippen LogP contribution in [0.4, 0.5) is 13.6 Å². The second kappa shape index (κ2) is 7.40. The molecule has 0 bridgehead atoms. The first-order valence-electron chi connectivity index (χ1n) is 8.26. The van der Waals surface area contributed by atoms with E-state index in [1.54, 1.807) is 18.3 Å². The minimum Gasteiger partial charge on any atom is -0.439 e. The first-order valence-corrected chi connectivity index (χ1v) is 8.26. The Bertz CT molecular complexity index is 1100. The van der Waals surface area contributed by atoms with Gasteiger partial charge in [-0.3, -0.25) is 4.98 Å². The first kappa shape index (κ1) is 17.5. The van der Waals surface area contributed by atoms with Crippen LogP contribution in [0.3, 0.4) is 0 Å². The molecular formula is C20H12F2N4O2. The lowest BCUT2D eigenvalue weighted by atomic mass is 9.96. The van der Waals surface area contributed by atoms with Gasteiger partial charge in [0.1, 0.15) is 17.7 Å². The van der Waals surface area contributed by atoms with Crippen molar-refractivity contribution in [3.8, 4) is 11.8 Å². The lowest BCUT2D eigenvalue weighted by Gasteiger charge is -2.18. The van der Waals surface area contributed by atoms with Crippen LogP contribution in [-0.2, 0) is 4.74 Å². The monoisotopic (exact) mass is 378 g/mol. The third-order valence-electron chi connectivity index (χ3n) is 4.13. The summed E-state index contributed by atoms with van der Waals surface area (Å²) in [5.74, 6) is 4.58. The number of hydrogen-bond acceptors (Lipinski definition) is 5. The molecule has 0 saturated carbocycles. The first-order chi connectivity index (χ1) is 13.6. The molecule has 28 heavy (non-hydrogen) atoms. The van der Waals surface area contributed by atoms with Gasteiger partial charge in [-0.15, -0.1) is 0 Å². The molecular weight excluding hydrogens is 366 g/mol. The molecule has 4 rings (SSSR count). The third-order valence-corrected chi connectivity index (χ3v) is 4.13. The molecule has 0 radical (unpaired) electrons. The number of benzene rings is 1. The molecule has 0 spiro atoms. The van der Waals surface area contributed by atoms with Gasteiger partial charge >= 0.3 is 6.09 Å². The summed E-state index contributed by atoms with van der Waals surface area (Å²) < 4.78 is 33.0. The highest BCUT2D eigenvalue weighted by Gasteiger charge is 2.38. The Morgan fingerprint density at radius 2 is 1.86 bits per heavy atom. The Labute approximate surface area is 158 Å². The molecule has 6 nitrogen and oxygen atoms in total.